The summed E-state index contributed by atoms with van der Waals surface area (Å²) in [5, 5.41) is 2.22. The van der Waals surface area contributed by atoms with Crippen LogP contribution in [0.25, 0.3) is 0 Å². The zero-order valence-electron chi connectivity index (χ0n) is 16.5. The van der Waals surface area contributed by atoms with Crippen molar-refractivity contribution in [2.24, 2.45) is 0 Å². The lowest BCUT2D eigenvalue weighted by Crippen LogP contribution is -2.37. The SMILES string of the molecule is COc1ccc(CC2c3ccccc3CCN2OC2CC2)cc1OC(C)C. The van der Waals surface area contributed by atoms with Crippen LogP contribution in [0.2, 0.25) is 0 Å². The molecule has 2 aromatic rings. The molecule has 0 N–H and O–H groups in total. The summed E-state index contributed by atoms with van der Waals surface area (Å²) < 4.78 is 11.4. The quantitative estimate of drug-likeness (QED) is 0.709. The Bertz CT molecular complexity index is 785. The van der Waals surface area contributed by atoms with Crippen LogP contribution in [0.15, 0.2) is 42.5 Å². The van der Waals surface area contributed by atoms with Crippen molar-refractivity contribution in [3.63, 3.8) is 0 Å². The van der Waals surface area contributed by atoms with Gasteiger partial charge in [-0.2, -0.15) is 5.06 Å². The molecule has 4 rings (SSSR count). The van der Waals surface area contributed by atoms with Gasteiger partial charge in [-0.25, -0.2) is 0 Å². The lowest BCUT2D eigenvalue weighted by Gasteiger charge is -2.36. The summed E-state index contributed by atoms with van der Waals surface area (Å²) in [4.78, 5) is 6.26. The molecular weight excluding hydrogens is 338 g/mol. The van der Waals surface area contributed by atoms with E-state index in [0.29, 0.717) is 6.10 Å². The Morgan fingerprint density at radius 2 is 1.89 bits per heavy atom. The molecule has 0 amide bonds. The summed E-state index contributed by atoms with van der Waals surface area (Å²) in [5.41, 5.74) is 4.05. The van der Waals surface area contributed by atoms with Crippen molar-refractivity contribution in [1.82, 2.24) is 5.06 Å². The van der Waals surface area contributed by atoms with Crippen molar-refractivity contribution in [2.45, 2.75) is 57.8 Å². The first-order valence-corrected chi connectivity index (χ1v) is 9.99. The Labute approximate surface area is 162 Å². The van der Waals surface area contributed by atoms with Crippen molar-refractivity contribution in [1.29, 1.82) is 0 Å². The van der Waals surface area contributed by atoms with Crippen molar-refractivity contribution in [2.75, 3.05) is 13.7 Å². The molecule has 1 heterocycles. The van der Waals surface area contributed by atoms with E-state index in [1.807, 2.05) is 19.9 Å². The van der Waals surface area contributed by atoms with Gasteiger partial charge in [0.2, 0.25) is 0 Å². The van der Waals surface area contributed by atoms with Gasteiger partial charge >= 0.3 is 0 Å². The molecule has 4 heteroatoms. The van der Waals surface area contributed by atoms with Crippen molar-refractivity contribution < 1.29 is 14.3 Å². The number of fused-ring (bicyclic) bond motifs is 1. The Balaban J connectivity index is 1.62. The number of hydroxylamine groups is 2. The first kappa shape index (κ1) is 18.3. The number of rotatable bonds is 7. The number of hydrogen-bond donors (Lipinski definition) is 0. The summed E-state index contributed by atoms with van der Waals surface area (Å²) >= 11 is 0. The fourth-order valence-electron chi connectivity index (χ4n) is 3.75. The van der Waals surface area contributed by atoms with E-state index in [1.165, 1.54) is 29.5 Å². The number of hydrogen-bond acceptors (Lipinski definition) is 4. The second-order valence-electron chi connectivity index (χ2n) is 7.77. The minimum Gasteiger partial charge on any atom is -0.493 e. The highest BCUT2D eigenvalue weighted by atomic mass is 16.7. The Morgan fingerprint density at radius 1 is 1.07 bits per heavy atom. The number of benzene rings is 2. The van der Waals surface area contributed by atoms with Gasteiger partial charge in [-0.1, -0.05) is 30.3 Å². The highest BCUT2D eigenvalue weighted by Gasteiger charge is 2.33. The van der Waals surface area contributed by atoms with Crippen LogP contribution in [0.3, 0.4) is 0 Å². The molecule has 1 aliphatic heterocycles. The highest BCUT2D eigenvalue weighted by molar-refractivity contribution is 5.44. The molecule has 1 atom stereocenters. The summed E-state index contributed by atoms with van der Waals surface area (Å²) in [6.45, 7) is 5.02. The van der Waals surface area contributed by atoms with Crippen molar-refractivity contribution >= 4 is 0 Å². The summed E-state index contributed by atoms with van der Waals surface area (Å²) in [5.74, 6) is 1.59. The van der Waals surface area contributed by atoms with Crippen LogP contribution in [0.4, 0.5) is 0 Å². The van der Waals surface area contributed by atoms with Gasteiger partial charge in [-0.15, -0.1) is 0 Å². The number of nitrogens with zero attached hydrogens (tertiary/aromatic N) is 1. The van der Waals surface area contributed by atoms with Crippen molar-refractivity contribution in [3.8, 4) is 11.5 Å². The second kappa shape index (κ2) is 7.91. The van der Waals surface area contributed by atoms with E-state index >= 15 is 0 Å². The van der Waals surface area contributed by atoms with Gasteiger partial charge in [-0.3, -0.25) is 4.84 Å². The Morgan fingerprint density at radius 3 is 2.63 bits per heavy atom. The van der Waals surface area contributed by atoms with Crippen LogP contribution in [-0.4, -0.2) is 30.9 Å². The van der Waals surface area contributed by atoms with Crippen molar-refractivity contribution in [3.05, 3.63) is 59.2 Å². The molecule has 0 spiro atoms. The van der Waals surface area contributed by atoms with Crippen LogP contribution in [0, 0.1) is 0 Å². The van der Waals surface area contributed by atoms with E-state index in [-0.39, 0.29) is 12.1 Å². The molecule has 1 aliphatic carbocycles. The minimum absolute atomic E-state index is 0.110. The Hall–Kier alpha value is -2.04. The molecular formula is C23H29NO3. The zero-order valence-corrected chi connectivity index (χ0v) is 16.5. The summed E-state index contributed by atoms with van der Waals surface area (Å²) in [6, 6.07) is 15.3. The first-order chi connectivity index (χ1) is 13.1. The molecule has 1 unspecified atom stereocenters. The topological polar surface area (TPSA) is 30.9 Å². The molecule has 2 aromatic carbocycles. The lowest BCUT2D eigenvalue weighted by molar-refractivity contribution is -0.201. The van der Waals surface area contributed by atoms with E-state index in [2.05, 4.69) is 41.5 Å². The first-order valence-electron chi connectivity index (χ1n) is 9.99. The maximum atomic E-state index is 6.26. The van der Waals surface area contributed by atoms with Crippen LogP contribution in [-0.2, 0) is 17.7 Å². The monoisotopic (exact) mass is 367 g/mol. The summed E-state index contributed by atoms with van der Waals surface area (Å²) in [7, 11) is 1.69. The molecule has 0 aromatic heterocycles. The van der Waals surface area contributed by atoms with Crippen LogP contribution >= 0.6 is 0 Å². The Kier molecular flexibility index (Phi) is 5.37. The molecule has 0 radical (unpaired) electrons. The van der Waals surface area contributed by atoms with Gasteiger partial charge < -0.3 is 9.47 Å². The van der Waals surface area contributed by atoms with Gasteiger partial charge in [0.1, 0.15) is 0 Å². The average molecular weight is 367 g/mol. The van der Waals surface area contributed by atoms with Crippen LogP contribution in [0.5, 0.6) is 11.5 Å². The van der Waals surface area contributed by atoms with Crippen LogP contribution in [0.1, 0.15) is 49.4 Å². The number of methoxy groups -OCH3 is 1. The van der Waals surface area contributed by atoms with E-state index in [1.54, 1.807) is 7.11 Å². The predicted octanol–water partition coefficient (Wildman–Crippen LogP) is 4.72. The molecule has 1 fully saturated rings. The molecule has 1 saturated carbocycles. The van der Waals surface area contributed by atoms with E-state index in [9.17, 15) is 0 Å². The second-order valence-corrected chi connectivity index (χ2v) is 7.77. The number of ether oxygens (including phenoxy) is 2. The molecule has 2 aliphatic rings. The van der Waals surface area contributed by atoms with Gasteiger partial charge in [-0.05, 0) is 68.4 Å². The average Bonchev–Trinajstić information content (AvgIpc) is 3.47. The highest BCUT2D eigenvalue weighted by Crippen LogP contribution is 2.37. The predicted molar refractivity (Wildman–Crippen MR) is 106 cm³/mol. The maximum Gasteiger partial charge on any atom is 0.161 e. The maximum absolute atomic E-state index is 6.26. The van der Waals surface area contributed by atoms with Gasteiger partial charge in [0.25, 0.3) is 0 Å². The van der Waals surface area contributed by atoms with Gasteiger partial charge in [0.05, 0.1) is 25.4 Å². The molecule has 4 nitrogen and oxygen atoms in total. The van der Waals surface area contributed by atoms with E-state index in [0.717, 1.165) is 30.9 Å². The standard InChI is InChI=1S/C23H29NO3/c1-16(2)26-23-15-17(8-11-22(23)25-3)14-21-20-7-5-4-6-18(20)12-13-24(21)27-19-9-10-19/h4-8,11,15-16,19,21H,9-10,12-14H2,1-3H3. The third-order valence-corrected chi connectivity index (χ3v) is 5.19. The third kappa shape index (κ3) is 4.28. The largest absolute Gasteiger partial charge is 0.493 e. The van der Waals surface area contributed by atoms with Crippen LogP contribution < -0.4 is 9.47 Å². The third-order valence-electron chi connectivity index (χ3n) is 5.19. The normalized spacial score (nSPS) is 19.8. The molecule has 144 valence electrons. The van der Waals surface area contributed by atoms with E-state index in [4.69, 9.17) is 14.3 Å². The molecule has 0 saturated heterocycles. The lowest BCUT2D eigenvalue weighted by atomic mass is 9.90. The molecule has 0 bridgehead atoms. The molecule has 27 heavy (non-hydrogen) atoms. The van der Waals surface area contributed by atoms with Gasteiger partial charge in [0, 0.05) is 6.54 Å². The zero-order chi connectivity index (χ0) is 18.8. The fourth-order valence-corrected chi connectivity index (χ4v) is 3.75. The fraction of sp³-hybridized carbons (Fsp3) is 0.478. The summed E-state index contributed by atoms with van der Waals surface area (Å²) in [6.07, 6.45) is 4.82. The van der Waals surface area contributed by atoms with Gasteiger partial charge in [0.15, 0.2) is 11.5 Å². The minimum atomic E-state index is 0.110. The van der Waals surface area contributed by atoms with E-state index < -0.39 is 0 Å². The smallest absolute Gasteiger partial charge is 0.161 e.